The Kier molecular flexibility index (Phi) is 3.71. The van der Waals surface area contributed by atoms with Crippen LogP contribution >= 0.6 is 15.9 Å². The summed E-state index contributed by atoms with van der Waals surface area (Å²) in [6.45, 7) is 4.41. The maximum Gasteiger partial charge on any atom is 0.0660 e. The molecule has 2 heterocycles. The van der Waals surface area contributed by atoms with Gasteiger partial charge in [-0.15, -0.1) is 0 Å². The monoisotopic (exact) mass is 319 g/mol. The van der Waals surface area contributed by atoms with E-state index in [2.05, 4.69) is 45.4 Å². The quantitative estimate of drug-likeness (QED) is 0.919. The zero-order valence-electron chi connectivity index (χ0n) is 11.1. The lowest BCUT2D eigenvalue weighted by molar-refractivity contribution is 0.459. The average Bonchev–Trinajstić information content (AvgIpc) is 2.81. The second-order valence-corrected chi connectivity index (χ2v) is 6.02. The molecular weight excluding hydrogens is 302 g/mol. The number of hydrogen-bond donors (Lipinski definition) is 1. The lowest BCUT2D eigenvalue weighted by atomic mass is 9.91. The third-order valence-electron chi connectivity index (χ3n) is 3.88. The maximum absolute atomic E-state index is 4.58. The first-order chi connectivity index (χ1) is 9.25. The number of halogens is 1. The van der Waals surface area contributed by atoms with E-state index in [-0.39, 0.29) is 0 Å². The number of hydrogen-bond acceptors (Lipinski definition) is 2. The van der Waals surface area contributed by atoms with Gasteiger partial charge < -0.3 is 5.32 Å². The first-order valence-corrected chi connectivity index (χ1v) is 7.56. The molecule has 3 nitrogen and oxygen atoms in total. The minimum Gasteiger partial charge on any atom is -0.317 e. The summed E-state index contributed by atoms with van der Waals surface area (Å²) in [5.41, 5.74) is 3.79. The van der Waals surface area contributed by atoms with Crippen LogP contribution in [0.15, 0.2) is 34.9 Å². The van der Waals surface area contributed by atoms with Crippen molar-refractivity contribution < 1.29 is 0 Å². The van der Waals surface area contributed by atoms with Crippen LogP contribution in [0.3, 0.4) is 0 Å². The third kappa shape index (κ3) is 2.60. The van der Waals surface area contributed by atoms with E-state index in [0.29, 0.717) is 5.92 Å². The van der Waals surface area contributed by atoms with E-state index in [1.807, 2.05) is 23.0 Å². The summed E-state index contributed by atoms with van der Waals surface area (Å²) in [4.78, 5) is 0. The van der Waals surface area contributed by atoms with Gasteiger partial charge in [-0.2, -0.15) is 5.10 Å². The minimum absolute atomic E-state index is 0.655. The maximum atomic E-state index is 4.58. The van der Waals surface area contributed by atoms with Crippen molar-refractivity contribution in [2.45, 2.75) is 25.7 Å². The molecule has 100 valence electrons. The van der Waals surface area contributed by atoms with Crippen LogP contribution in [0.1, 0.15) is 30.0 Å². The molecule has 19 heavy (non-hydrogen) atoms. The lowest BCUT2D eigenvalue weighted by Gasteiger charge is -2.22. The smallest absolute Gasteiger partial charge is 0.0660 e. The zero-order chi connectivity index (χ0) is 13.2. The van der Waals surface area contributed by atoms with Crippen LogP contribution in [0.4, 0.5) is 0 Å². The van der Waals surface area contributed by atoms with E-state index in [9.17, 15) is 0 Å². The van der Waals surface area contributed by atoms with E-state index in [1.54, 1.807) is 0 Å². The van der Waals surface area contributed by atoms with Crippen LogP contribution in [-0.4, -0.2) is 22.9 Å². The molecule has 2 aromatic rings. The highest BCUT2D eigenvalue weighted by molar-refractivity contribution is 9.10. The van der Waals surface area contributed by atoms with Crippen LogP contribution in [0.5, 0.6) is 0 Å². The van der Waals surface area contributed by atoms with E-state index in [1.165, 1.54) is 24.1 Å². The predicted octanol–water partition coefficient (Wildman–Crippen LogP) is 3.41. The summed E-state index contributed by atoms with van der Waals surface area (Å²) in [6, 6.07) is 8.28. The molecule has 0 radical (unpaired) electrons. The van der Waals surface area contributed by atoms with Gasteiger partial charge in [-0.3, -0.25) is 0 Å². The molecule has 0 unspecified atom stereocenters. The molecule has 1 aromatic heterocycles. The number of aromatic nitrogens is 2. The fraction of sp³-hybridized carbons (Fsp3) is 0.400. The van der Waals surface area contributed by atoms with Crippen LogP contribution in [-0.2, 0) is 0 Å². The highest BCUT2D eigenvalue weighted by Crippen LogP contribution is 2.29. The summed E-state index contributed by atoms with van der Waals surface area (Å²) < 4.78 is 3.13. The SMILES string of the molecule is Cc1c(C2CCNCC2)cnn1-c1cccc(Br)c1. The summed E-state index contributed by atoms with van der Waals surface area (Å²) in [5, 5.41) is 7.99. The van der Waals surface area contributed by atoms with Crippen LogP contribution in [0.25, 0.3) is 5.69 Å². The molecule has 0 bridgehead atoms. The Morgan fingerprint density at radius 1 is 1.32 bits per heavy atom. The molecular formula is C15H18BrN3. The molecule has 0 aliphatic carbocycles. The van der Waals surface area contributed by atoms with Gasteiger partial charge in [-0.1, -0.05) is 22.0 Å². The lowest BCUT2D eigenvalue weighted by Crippen LogP contribution is -2.26. The second-order valence-electron chi connectivity index (χ2n) is 5.10. The first kappa shape index (κ1) is 12.9. The number of nitrogens with zero attached hydrogens (tertiary/aromatic N) is 2. The van der Waals surface area contributed by atoms with Crippen molar-refractivity contribution in [3.05, 3.63) is 46.2 Å². The Morgan fingerprint density at radius 3 is 2.84 bits per heavy atom. The van der Waals surface area contributed by atoms with Crippen molar-refractivity contribution >= 4 is 15.9 Å². The van der Waals surface area contributed by atoms with Gasteiger partial charge in [0.1, 0.15) is 0 Å². The number of piperidine rings is 1. The first-order valence-electron chi connectivity index (χ1n) is 6.77. The largest absolute Gasteiger partial charge is 0.317 e. The summed E-state index contributed by atoms with van der Waals surface area (Å²) in [7, 11) is 0. The summed E-state index contributed by atoms with van der Waals surface area (Å²) in [6.07, 6.45) is 4.47. The molecule has 1 aliphatic heterocycles. The van der Waals surface area contributed by atoms with Crippen molar-refractivity contribution in [2.24, 2.45) is 0 Å². The molecule has 1 aliphatic rings. The van der Waals surface area contributed by atoms with E-state index < -0.39 is 0 Å². The highest BCUT2D eigenvalue weighted by Gasteiger charge is 2.20. The van der Waals surface area contributed by atoms with Crippen LogP contribution in [0, 0.1) is 6.92 Å². The Balaban J connectivity index is 1.94. The molecule has 1 aromatic carbocycles. The Morgan fingerprint density at radius 2 is 2.11 bits per heavy atom. The van der Waals surface area contributed by atoms with Gasteiger partial charge in [0.05, 0.1) is 11.9 Å². The van der Waals surface area contributed by atoms with Gasteiger partial charge in [-0.05, 0) is 62.5 Å². The zero-order valence-corrected chi connectivity index (χ0v) is 12.7. The Labute approximate surface area is 122 Å². The molecule has 1 fully saturated rings. The molecule has 0 amide bonds. The standard InChI is InChI=1S/C15H18BrN3/c1-11-15(12-5-7-17-8-6-12)10-18-19(11)14-4-2-3-13(16)9-14/h2-4,9-10,12,17H,5-8H2,1H3. The van der Waals surface area contributed by atoms with Gasteiger partial charge in [0.25, 0.3) is 0 Å². The van der Waals surface area contributed by atoms with Gasteiger partial charge in [0.2, 0.25) is 0 Å². The van der Waals surface area contributed by atoms with Gasteiger partial charge in [-0.25, -0.2) is 4.68 Å². The normalized spacial score (nSPS) is 16.7. The topological polar surface area (TPSA) is 29.9 Å². The molecule has 0 atom stereocenters. The van der Waals surface area contributed by atoms with Crippen molar-refractivity contribution in [2.75, 3.05) is 13.1 Å². The fourth-order valence-corrected chi connectivity index (χ4v) is 3.21. The average molecular weight is 320 g/mol. The van der Waals surface area contributed by atoms with Gasteiger partial charge in [0.15, 0.2) is 0 Å². The Bertz CT molecular complexity index is 571. The number of nitrogens with one attached hydrogen (secondary N) is 1. The van der Waals surface area contributed by atoms with E-state index in [4.69, 9.17) is 0 Å². The summed E-state index contributed by atoms with van der Waals surface area (Å²) >= 11 is 3.52. The summed E-state index contributed by atoms with van der Waals surface area (Å²) in [5.74, 6) is 0.655. The molecule has 3 rings (SSSR count). The van der Waals surface area contributed by atoms with Crippen molar-refractivity contribution in [1.29, 1.82) is 0 Å². The van der Waals surface area contributed by atoms with Crippen molar-refractivity contribution in [3.63, 3.8) is 0 Å². The minimum atomic E-state index is 0.655. The predicted molar refractivity (Wildman–Crippen MR) is 80.8 cm³/mol. The van der Waals surface area contributed by atoms with E-state index >= 15 is 0 Å². The molecule has 1 N–H and O–H groups in total. The number of benzene rings is 1. The van der Waals surface area contributed by atoms with Crippen molar-refractivity contribution in [3.8, 4) is 5.69 Å². The van der Waals surface area contributed by atoms with Crippen LogP contribution in [0.2, 0.25) is 0 Å². The van der Waals surface area contributed by atoms with Gasteiger partial charge in [0, 0.05) is 10.2 Å². The Hall–Kier alpha value is -1.13. The molecule has 0 spiro atoms. The molecule has 4 heteroatoms. The van der Waals surface area contributed by atoms with E-state index in [0.717, 1.165) is 23.2 Å². The third-order valence-corrected chi connectivity index (χ3v) is 4.37. The van der Waals surface area contributed by atoms with Gasteiger partial charge >= 0.3 is 0 Å². The van der Waals surface area contributed by atoms with Crippen molar-refractivity contribution in [1.82, 2.24) is 15.1 Å². The second kappa shape index (κ2) is 5.47. The highest BCUT2D eigenvalue weighted by atomic mass is 79.9. The fourth-order valence-electron chi connectivity index (χ4n) is 2.82. The number of rotatable bonds is 2. The molecule has 0 saturated carbocycles. The van der Waals surface area contributed by atoms with Crippen LogP contribution < -0.4 is 5.32 Å². The molecule has 1 saturated heterocycles.